The number of aromatic nitrogens is 2. The van der Waals surface area contributed by atoms with Gasteiger partial charge >= 0.3 is 0 Å². The molecule has 0 atom stereocenters. The van der Waals surface area contributed by atoms with Crippen LogP contribution in [0.25, 0.3) is 22.6 Å². The molecule has 1 heterocycles. The van der Waals surface area contributed by atoms with Crippen LogP contribution in [0, 0.1) is 5.82 Å². The molecule has 0 aliphatic rings. The Labute approximate surface area is 126 Å². The van der Waals surface area contributed by atoms with Gasteiger partial charge in [-0.05, 0) is 12.1 Å². The fourth-order valence-electron chi connectivity index (χ4n) is 2.26. The Kier molecular flexibility index (Phi) is 3.39. The summed E-state index contributed by atoms with van der Waals surface area (Å²) in [6.45, 7) is 0. The highest BCUT2D eigenvalue weighted by Gasteiger charge is 2.20. The molecule has 1 aromatic heterocycles. The number of nitrogens with zero attached hydrogens (tertiary/aromatic N) is 2. The van der Waals surface area contributed by atoms with Crippen molar-refractivity contribution in [3.8, 4) is 22.6 Å². The normalized spacial score (nSPS) is 10.8. The first-order chi connectivity index (χ1) is 10.1. The van der Waals surface area contributed by atoms with Crippen LogP contribution in [0.4, 0.5) is 10.2 Å². The van der Waals surface area contributed by atoms with Gasteiger partial charge in [-0.3, -0.25) is 0 Å². The molecule has 0 amide bonds. The Morgan fingerprint density at radius 3 is 2.48 bits per heavy atom. The fraction of sp³-hybridized carbons (Fsp3) is 0.0625. The third-order valence-corrected chi connectivity index (χ3v) is 3.69. The van der Waals surface area contributed by atoms with Crippen molar-refractivity contribution in [1.82, 2.24) is 9.55 Å². The van der Waals surface area contributed by atoms with E-state index in [0.717, 1.165) is 5.56 Å². The standard InChI is InChI=1S/C16H13ClFN3/c1-21-15(19)14(13-11(17)8-5-9-12(13)18)20-16(21)10-6-3-2-4-7-10/h2-9H,19H2,1H3. The van der Waals surface area contributed by atoms with E-state index >= 15 is 0 Å². The molecule has 0 fully saturated rings. The van der Waals surface area contributed by atoms with Crippen LogP contribution >= 0.6 is 11.6 Å². The molecular weight excluding hydrogens is 289 g/mol. The predicted molar refractivity (Wildman–Crippen MR) is 83.5 cm³/mol. The summed E-state index contributed by atoms with van der Waals surface area (Å²) in [4.78, 5) is 4.48. The van der Waals surface area contributed by atoms with Gasteiger partial charge in [0, 0.05) is 12.6 Å². The zero-order valence-corrected chi connectivity index (χ0v) is 12.1. The monoisotopic (exact) mass is 301 g/mol. The number of nitrogens with two attached hydrogens (primary N) is 1. The first-order valence-electron chi connectivity index (χ1n) is 6.41. The molecule has 0 spiro atoms. The second-order valence-corrected chi connectivity index (χ2v) is 5.10. The summed E-state index contributed by atoms with van der Waals surface area (Å²) in [5.41, 5.74) is 7.59. The summed E-state index contributed by atoms with van der Waals surface area (Å²) in [6.07, 6.45) is 0. The van der Waals surface area contributed by atoms with Crippen molar-refractivity contribution in [2.75, 3.05) is 5.73 Å². The number of nitrogen functional groups attached to an aromatic ring is 1. The molecule has 0 radical (unpaired) electrons. The smallest absolute Gasteiger partial charge is 0.142 e. The molecule has 0 saturated heterocycles. The summed E-state index contributed by atoms with van der Waals surface area (Å²) in [6, 6.07) is 14.1. The fourth-order valence-corrected chi connectivity index (χ4v) is 2.52. The Balaban J connectivity index is 2.23. The molecule has 0 saturated carbocycles. The van der Waals surface area contributed by atoms with Gasteiger partial charge < -0.3 is 10.3 Å². The van der Waals surface area contributed by atoms with E-state index in [0.29, 0.717) is 22.4 Å². The highest BCUT2D eigenvalue weighted by molar-refractivity contribution is 6.33. The van der Waals surface area contributed by atoms with Gasteiger partial charge in [0.15, 0.2) is 0 Å². The van der Waals surface area contributed by atoms with Crippen LogP contribution in [-0.4, -0.2) is 9.55 Å². The minimum absolute atomic E-state index is 0.231. The molecule has 21 heavy (non-hydrogen) atoms. The molecule has 106 valence electrons. The molecule has 0 unspecified atom stereocenters. The number of hydrogen-bond acceptors (Lipinski definition) is 2. The van der Waals surface area contributed by atoms with Crippen molar-refractivity contribution < 1.29 is 4.39 Å². The maximum Gasteiger partial charge on any atom is 0.142 e. The molecule has 2 aromatic carbocycles. The van der Waals surface area contributed by atoms with E-state index in [1.807, 2.05) is 30.3 Å². The number of hydrogen-bond donors (Lipinski definition) is 1. The van der Waals surface area contributed by atoms with Gasteiger partial charge in [0.05, 0.1) is 10.6 Å². The van der Waals surface area contributed by atoms with Crippen LogP contribution in [0.1, 0.15) is 0 Å². The lowest BCUT2D eigenvalue weighted by molar-refractivity contribution is 0.631. The lowest BCUT2D eigenvalue weighted by Gasteiger charge is -2.04. The summed E-state index contributed by atoms with van der Waals surface area (Å²) in [7, 11) is 1.79. The molecule has 3 nitrogen and oxygen atoms in total. The molecule has 0 bridgehead atoms. The molecule has 3 rings (SSSR count). The number of halogens is 2. The largest absolute Gasteiger partial charge is 0.383 e. The third kappa shape index (κ3) is 2.28. The van der Waals surface area contributed by atoms with Crippen molar-refractivity contribution in [1.29, 1.82) is 0 Å². The number of benzene rings is 2. The molecule has 3 aromatic rings. The van der Waals surface area contributed by atoms with Gasteiger partial charge in [-0.1, -0.05) is 48.0 Å². The number of anilines is 1. The Hall–Kier alpha value is -2.33. The van der Waals surface area contributed by atoms with E-state index < -0.39 is 5.82 Å². The van der Waals surface area contributed by atoms with Gasteiger partial charge in [0.2, 0.25) is 0 Å². The van der Waals surface area contributed by atoms with Crippen LogP contribution < -0.4 is 5.73 Å². The van der Waals surface area contributed by atoms with Crippen LogP contribution in [0.15, 0.2) is 48.5 Å². The highest BCUT2D eigenvalue weighted by Crippen LogP contribution is 2.35. The summed E-state index contributed by atoms with van der Waals surface area (Å²) in [5, 5.41) is 0.291. The first-order valence-corrected chi connectivity index (χ1v) is 6.79. The van der Waals surface area contributed by atoms with Crippen molar-refractivity contribution in [2.24, 2.45) is 7.05 Å². The summed E-state index contributed by atoms with van der Waals surface area (Å²) < 4.78 is 15.8. The van der Waals surface area contributed by atoms with Gasteiger partial charge in [-0.15, -0.1) is 0 Å². The van der Waals surface area contributed by atoms with E-state index in [2.05, 4.69) is 4.98 Å². The molecule has 2 N–H and O–H groups in total. The quantitative estimate of drug-likeness (QED) is 0.773. The minimum Gasteiger partial charge on any atom is -0.383 e. The van der Waals surface area contributed by atoms with Crippen molar-refractivity contribution in [3.63, 3.8) is 0 Å². The summed E-state index contributed by atoms with van der Waals surface area (Å²) >= 11 is 6.10. The van der Waals surface area contributed by atoms with Gasteiger partial charge in [-0.25, -0.2) is 9.37 Å². The number of rotatable bonds is 2. The van der Waals surface area contributed by atoms with Crippen LogP contribution in [0.5, 0.6) is 0 Å². The lowest BCUT2D eigenvalue weighted by atomic mass is 10.1. The minimum atomic E-state index is -0.438. The van der Waals surface area contributed by atoms with Gasteiger partial charge in [-0.2, -0.15) is 0 Å². The number of imidazole rings is 1. The van der Waals surface area contributed by atoms with E-state index in [9.17, 15) is 4.39 Å². The van der Waals surface area contributed by atoms with E-state index in [1.54, 1.807) is 23.7 Å². The average molecular weight is 302 g/mol. The SMILES string of the molecule is Cn1c(-c2ccccc2)nc(-c2c(F)cccc2Cl)c1N. The maximum atomic E-state index is 14.1. The predicted octanol–water partition coefficient (Wildman–Crippen LogP) is 4.13. The Bertz CT molecular complexity index is 777. The average Bonchev–Trinajstić information content (AvgIpc) is 2.77. The van der Waals surface area contributed by atoms with Crippen molar-refractivity contribution >= 4 is 17.4 Å². The first kappa shape index (κ1) is 13.6. The van der Waals surface area contributed by atoms with Crippen molar-refractivity contribution in [3.05, 3.63) is 59.4 Å². The molecule has 0 aliphatic heterocycles. The second-order valence-electron chi connectivity index (χ2n) is 4.69. The highest BCUT2D eigenvalue weighted by atomic mass is 35.5. The van der Waals surface area contributed by atoms with Crippen LogP contribution in [0.3, 0.4) is 0 Å². The van der Waals surface area contributed by atoms with E-state index in [4.69, 9.17) is 17.3 Å². The Morgan fingerprint density at radius 1 is 1.10 bits per heavy atom. The van der Waals surface area contributed by atoms with Crippen LogP contribution in [-0.2, 0) is 7.05 Å². The van der Waals surface area contributed by atoms with Crippen LogP contribution in [0.2, 0.25) is 5.02 Å². The Morgan fingerprint density at radius 2 is 1.81 bits per heavy atom. The summed E-state index contributed by atoms with van der Waals surface area (Å²) in [5.74, 6) is 0.607. The van der Waals surface area contributed by atoms with Gasteiger partial charge in [0.25, 0.3) is 0 Å². The molecule has 0 aliphatic carbocycles. The topological polar surface area (TPSA) is 43.8 Å². The van der Waals surface area contributed by atoms with Gasteiger partial charge in [0.1, 0.15) is 23.2 Å². The third-order valence-electron chi connectivity index (χ3n) is 3.37. The van der Waals surface area contributed by atoms with E-state index in [-0.39, 0.29) is 5.56 Å². The zero-order valence-electron chi connectivity index (χ0n) is 11.3. The molecule has 5 heteroatoms. The second kappa shape index (κ2) is 5.22. The van der Waals surface area contributed by atoms with Crippen molar-refractivity contribution in [2.45, 2.75) is 0 Å². The lowest BCUT2D eigenvalue weighted by Crippen LogP contribution is -1.99. The zero-order chi connectivity index (χ0) is 15.0. The molecular formula is C16H13ClFN3. The maximum absolute atomic E-state index is 14.1. The van der Waals surface area contributed by atoms with E-state index in [1.165, 1.54) is 6.07 Å².